The predicted molar refractivity (Wildman–Crippen MR) is 76.5 cm³/mol. The van der Waals surface area contributed by atoms with Gasteiger partial charge in [0, 0.05) is 10.7 Å². The number of benzene rings is 1. The molecular formula is C14H13ClFNOS. The molecule has 5 heteroatoms. The lowest BCUT2D eigenvalue weighted by molar-refractivity contribution is 0.0942. The van der Waals surface area contributed by atoms with Crippen molar-refractivity contribution in [1.82, 2.24) is 5.32 Å². The molecule has 100 valence electrons. The number of rotatable bonds is 2. The number of halogens is 2. The van der Waals surface area contributed by atoms with Gasteiger partial charge in [-0.1, -0.05) is 6.07 Å². The van der Waals surface area contributed by atoms with Crippen molar-refractivity contribution in [3.05, 3.63) is 35.0 Å². The first-order chi connectivity index (χ1) is 9.13. The number of thiophene rings is 1. The highest BCUT2D eigenvalue weighted by molar-refractivity contribution is 7.20. The number of amides is 1. The van der Waals surface area contributed by atoms with Crippen molar-refractivity contribution in [2.45, 2.75) is 30.7 Å². The third-order valence-corrected chi connectivity index (χ3v) is 5.07. The van der Waals surface area contributed by atoms with Crippen molar-refractivity contribution < 1.29 is 9.18 Å². The largest absolute Gasteiger partial charge is 0.347 e. The van der Waals surface area contributed by atoms with Crippen LogP contribution in [0.15, 0.2) is 24.3 Å². The van der Waals surface area contributed by atoms with E-state index in [1.165, 1.54) is 23.5 Å². The molecule has 1 heterocycles. The van der Waals surface area contributed by atoms with Gasteiger partial charge in [0.25, 0.3) is 5.91 Å². The van der Waals surface area contributed by atoms with E-state index in [-0.39, 0.29) is 23.1 Å². The van der Waals surface area contributed by atoms with Crippen LogP contribution in [0.1, 0.15) is 28.9 Å². The topological polar surface area (TPSA) is 29.1 Å². The van der Waals surface area contributed by atoms with Gasteiger partial charge in [-0.25, -0.2) is 4.39 Å². The third-order valence-electron chi connectivity index (χ3n) is 3.45. The number of carbonyl (C=O) groups excluding carboxylic acids is 1. The maximum atomic E-state index is 13.1. The summed E-state index contributed by atoms with van der Waals surface area (Å²) in [5.41, 5.74) is 0. The molecule has 0 spiro atoms. The van der Waals surface area contributed by atoms with Crippen molar-refractivity contribution in [3.63, 3.8) is 0 Å². The Morgan fingerprint density at radius 1 is 1.37 bits per heavy atom. The Bertz CT molecular complexity index is 627. The maximum Gasteiger partial charge on any atom is 0.261 e. The third kappa shape index (κ3) is 2.60. The molecule has 2 aromatic rings. The second-order valence-corrected chi connectivity index (χ2v) is 6.46. The van der Waals surface area contributed by atoms with Gasteiger partial charge in [-0.05, 0) is 42.8 Å². The molecule has 0 radical (unpaired) electrons. The molecule has 2 nitrogen and oxygen atoms in total. The zero-order valence-corrected chi connectivity index (χ0v) is 11.7. The number of nitrogens with one attached hydrogen (secondary N) is 1. The molecule has 0 saturated heterocycles. The van der Waals surface area contributed by atoms with Gasteiger partial charge in [-0.2, -0.15) is 0 Å². The molecule has 2 atom stereocenters. The van der Waals surface area contributed by atoms with Crippen LogP contribution in [0.5, 0.6) is 0 Å². The zero-order chi connectivity index (χ0) is 13.4. The second-order valence-electron chi connectivity index (χ2n) is 4.82. The number of alkyl halides is 1. The van der Waals surface area contributed by atoms with E-state index in [0.29, 0.717) is 4.88 Å². The summed E-state index contributed by atoms with van der Waals surface area (Å²) in [6, 6.07) is 6.40. The van der Waals surface area contributed by atoms with Crippen molar-refractivity contribution >= 4 is 38.9 Å². The van der Waals surface area contributed by atoms with E-state index in [0.717, 1.165) is 29.3 Å². The number of hydrogen-bond donors (Lipinski definition) is 1. The fourth-order valence-corrected chi connectivity index (χ4v) is 3.77. The first-order valence-electron chi connectivity index (χ1n) is 6.27. The molecule has 0 aliphatic heterocycles. The Morgan fingerprint density at radius 2 is 2.21 bits per heavy atom. The summed E-state index contributed by atoms with van der Waals surface area (Å²) in [6.45, 7) is 0. The molecule has 1 saturated carbocycles. The van der Waals surface area contributed by atoms with Crippen LogP contribution in [0.3, 0.4) is 0 Å². The standard InChI is InChI=1S/C14H13ClFNOS/c15-10-2-1-3-11(10)17-14(18)13-6-8-4-5-9(16)7-12(8)19-13/h4-7,10-11H,1-3H2,(H,17,18). The maximum absolute atomic E-state index is 13.1. The number of carbonyl (C=O) groups is 1. The summed E-state index contributed by atoms with van der Waals surface area (Å²) in [4.78, 5) is 12.8. The molecule has 1 N–H and O–H groups in total. The fourth-order valence-electron chi connectivity index (χ4n) is 2.43. The van der Waals surface area contributed by atoms with Crippen molar-refractivity contribution in [3.8, 4) is 0 Å². The summed E-state index contributed by atoms with van der Waals surface area (Å²) >= 11 is 7.46. The van der Waals surface area contributed by atoms with Crippen molar-refractivity contribution in [2.24, 2.45) is 0 Å². The molecule has 1 aromatic carbocycles. The molecule has 1 amide bonds. The Kier molecular flexibility index (Phi) is 3.46. The monoisotopic (exact) mass is 297 g/mol. The Balaban J connectivity index is 1.81. The van der Waals surface area contributed by atoms with Crippen molar-refractivity contribution in [2.75, 3.05) is 0 Å². The van der Waals surface area contributed by atoms with Crippen LogP contribution in [-0.2, 0) is 0 Å². The van der Waals surface area contributed by atoms with Gasteiger partial charge in [0.1, 0.15) is 5.82 Å². The van der Waals surface area contributed by atoms with E-state index in [2.05, 4.69) is 5.32 Å². The minimum atomic E-state index is -0.280. The van der Waals surface area contributed by atoms with Crippen LogP contribution in [-0.4, -0.2) is 17.3 Å². The lowest BCUT2D eigenvalue weighted by Crippen LogP contribution is -2.37. The summed E-state index contributed by atoms with van der Waals surface area (Å²) in [6.07, 6.45) is 2.93. The summed E-state index contributed by atoms with van der Waals surface area (Å²) < 4.78 is 13.9. The first-order valence-corrected chi connectivity index (χ1v) is 7.53. The van der Waals surface area contributed by atoms with Crippen LogP contribution in [0.4, 0.5) is 4.39 Å². The number of hydrogen-bond acceptors (Lipinski definition) is 2. The molecule has 1 aliphatic carbocycles. The SMILES string of the molecule is O=C(NC1CCCC1Cl)c1cc2ccc(F)cc2s1. The Hall–Kier alpha value is -1.13. The van der Waals surface area contributed by atoms with Crippen LogP contribution >= 0.6 is 22.9 Å². The van der Waals surface area contributed by atoms with E-state index in [4.69, 9.17) is 11.6 Å². The summed E-state index contributed by atoms with van der Waals surface area (Å²) in [7, 11) is 0. The number of fused-ring (bicyclic) bond motifs is 1. The van der Waals surface area contributed by atoms with Gasteiger partial charge in [0.05, 0.1) is 10.3 Å². The Morgan fingerprint density at radius 3 is 2.95 bits per heavy atom. The van der Waals surface area contributed by atoms with E-state index in [1.807, 2.05) is 0 Å². The molecule has 2 unspecified atom stereocenters. The van der Waals surface area contributed by atoms with Gasteiger partial charge < -0.3 is 5.32 Å². The Labute approximate surface area is 119 Å². The van der Waals surface area contributed by atoms with Crippen LogP contribution in [0.25, 0.3) is 10.1 Å². The highest BCUT2D eigenvalue weighted by atomic mass is 35.5. The smallest absolute Gasteiger partial charge is 0.261 e. The predicted octanol–water partition coefficient (Wildman–Crippen LogP) is 3.93. The minimum absolute atomic E-state index is 0.0239. The quantitative estimate of drug-likeness (QED) is 0.836. The average Bonchev–Trinajstić information content (AvgIpc) is 2.96. The van der Waals surface area contributed by atoms with Gasteiger partial charge in [-0.3, -0.25) is 4.79 Å². The van der Waals surface area contributed by atoms with Crippen LogP contribution in [0, 0.1) is 5.82 Å². The molecular weight excluding hydrogens is 285 g/mol. The van der Waals surface area contributed by atoms with E-state index < -0.39 is 0 Å². The molecule has 1 fully saturated rings. The first kappa shape index (κ1) is 12.9. The second kappa shape index (κ2) is 5.10. The van der Waals surface area contributed by atoms with Gasteiger partial charge in [0.2, 0.25) is 0 Å². The molecule has 1 aromatic heterocycles. The average molecular weight is 298 g/mol. The van der Waals surface area contributed by atoms with Gasteiger partial charge >= 0.3 is 0 Å². The van der Waals surface area contributed by atoms with E-state index >= 15 is 0 Å². The van der Waals surface area contributed by atoms with Gasteiger partial charge in [-0.15, -0.1) is 22.9 Å². The lowest BCUT2D eigenvalue weighted by Gasteiger charge is -2.14. The van der Waals surface area contributed by atoms with E-state index in [9.17, 15) is 9.18 Å². The fraction of sp³-hybridized carbons (Fsp3) is 0.357. The molecule has 3 rings (SSSR count). The lowest BCUT2D eigenvalue weighted by atomic mass is 10.2. The van der Waals surface area contributed by atoms with Crippen molar-refractivity contribution in [1.29, 1.82) is 0 Å². The normalized spacial score (nSPS) is 22.8. The zero-order valence-electron chi connectivity index (χ0n) is 10.2. The van der Waals surface area contributed by atoms with Crippen LogP contribution in [0.2, 0.25) is 0 Å². The van der Waals surface area contributed by atoms with Crippen LogP contribution < -0.4 is 5.32 Å². The molecule has 19 heavy (non-hydrogen) atoms. The van der Waals surface area contributed by atoms with E-state index in [1.54, 1.807) is 12.1 Å². The summed E-state index contributed by atoms with van der Waals surface area (Å²) in [5, 5.41) is 3.88. The molecule has 1 aliphatic rings. The van der Waals surface area contributed by atoms with Gasteiger partial charge in [0.15, 0.2) is 0 Å². The minimum Gasteiger partial charge on any atom is -0.347 e. The highest BCUT2D eigenvalue weighted by Crippen LogP contribution is 2.28. The highest BCUT2D eigenvalue weighted by Gasteiger charge is 2.27. The molecule has 0 bridgehead atoms. The summed E-state index contributed by atoms with van der Waals surface area (Å²) in [5.74, 6) is -0.392.